The smallest absolute Gasteiger partial charge is 0.167 e. The van der Waals surface area contributed by atoms with Crippen LogP contribution >= 0.6 is 15.9 Å². The van der Waals surface area contributed by atoms with Gasteiger partial charge in [0.05, 0.1) is 19.8 Å². The molecule has 106 valence electrons. The molecule has 0 bridgehead atoms. The molecule has 0 amide bonds. The lowest BCUT2D eigenvalue weighted by atomic mass is 10.1. The summed E-state index contributed by atoms with van der Waals surface area (Å²) in [6.45, 7) is 4.76. The van der Waals surface area contributed by atoms with Crippen LogP contribution in [0.3, 0.4) is 0 Å². The number of rotatable bonds is 7. The molecular formula is C14H20BrNO3. The van der Waals surface area contributed by atoms with Gasteiger partial charge in [-0.05, 0) is 28.1 Å². The highest BCUT2D eigenvalue weighted by Gasteiger charge is 2.17. The van der Waals surface area contributed by atoms with Crippen LogP contribution < -0.4 is 14.8 Å². The Labute approximate surface area is 122 Å². The Morgan fingerprint density at radius 2 is 2.00 bits per heavy atom. The van der Waals surface area contributed by atoms with Crippen molar-refractivity contribution in [3.8, 4) is 11.5 Å². The van der Waals surface area contributed by atoms with Gasteiger partial charge in [-0.3, -0.25) is 4.79 Å². The molecule has 4 nitrogen and oxygen atoms in total. The van der Waals surface area contributed by atoms with Crippen LogP contribution in [0.4, 0.5) is 0 Å². The van der Waals surface area contributed by atoms with Crippen LogP contribution in [-0.2, 0) is 0 Å². The predicted molar refractivity (Wildman–Crippen MR) is 79.3 cm³/mol. The Bertz CT molecular complexity index is 447. The Morgan fingerprint density at radius 3 is 2.53 bits per heavy atom. The van der Waals surface area contributed by atoms with Crippen LogP contribution in [0.25, 0.3) is 0 Å². The van der Waals surface area contributed by atoms with Crippen LogP contribution in [0.1, 0.15) is 30.6 Å². The minimum atomic E-state index is 0.0494. The number of carbonyl (C=O) groups is 1. The van der Waals surface area contributed by atoms with Crippen molar-refractivity contribution in [1.82, 2.24) is 5.32 Å². The van der Waals surface area contributed by atoms with Gasteiger partial charge in [0.2, 0.25) is 0 Å². The molecule has 0 fully saturated rings. The summed E-state index contributed by atoms with van der Waals surface area (Å²) in [5, 5.41) is 3.22. The van der Waals surface area contributed by atoms with Gasteiger partial charge in [0.1, 0.15) is 16.0 Å². The van der Waals surface area contributed by atoms with Crippen molar-refractivity contribution >= 4 is 21.7 Å². The Morgan fingerprint density at radius 1 is 1.32 bits per heavy atom. The highest BCUT2D eigenvalue weighted by Crippen LogP contribution is 2.37. The normalized spacial score (nSPS) is 10.6. The maximum Gasteiger partial charge on any atom is 0.167 e. The Kier molecular flexibility index (Phi) is 6.31. The number of benzene rings is 1. The van der Waals surface area contributed by atoms with Crippen LogP contribution in [0.5, 0.6) is 11.5 Å². The summed E-state index contributed by atoms with van der Waals surface area (Å²) < 4.78 is 11.2. The van der Waals surface area contributed by atoms with E-state index in [9.17, 15) is 4.79 Å². The van der Waals surface area contributed by atoms with Crippen molar-refractivity contribution in [3.05, 3.63) is 22.2 Å². The molecule has 0 aliphatic rings. The minimum absolute atomic E-state index is 0.0494. The molecule has 0 atom stereocenters. The van der Waals surface area contributed by atoms with E-state index < -0.39 is 0 Å². The van der Waals surface area contributed by atoms with Crippen molar-refractivity contribution in [1.29, 1.82) is 0 Å². The number of halogens is 1. The van der Waals surface area contributed by atoms with Gasteiger partial charge in [0.25, 0.3) is 0 Å². The predicted octanol–water partition coefficient (Wildman–Crippen LogP) is 3.04. The lowest BCUT2D eigenvalue weighted by molar-refractivity contribution is 0.0979. The average Bonchev–Trinajstić information content (AvgIpc) is 2.37. The molecule has 1 N–H and O–H groups in total. The minimum Gasteiger partial charge on any atom is -0.495 e. The topological polar surface area (TPSA) is 47.6 Å². The fourth-order valence-corrected chi connectivity index (χ4v) is 2.39. The van der Waals surface area contributed by atoms with Crippen molar-refractivity contribution in [2.24, 2.45) is 0 Å². The van der Waals surface area contributed by atoms with Gasteiger partial charge in [-0.25, -0.2) is 0 Å². The Balaban J connectivity index is 2.88. The summed E-state index contributed by atoms with van der Waals surface area (Å²) in [6.07, 6.45) is 0.438. The van der Waals surface area contributed by atoms with E-state index in [0.717, 1.165) is 0 Å². The van der Waals surface area contributed by atoms with E-state index in [1.165, 1.54) is 0 Å². The maximum atomic E-state index is 12.2. The van der Waals surface area contributed by atoms with Gasteiger partial charge in [0.15, 0.2) is 5.78 Å². The van der Waals surface area contributed by atoms with Gasteiger partial charge < -0.3 is 14.8 Å². The first-order chi connectivity index (χ1) is 9.01. The third-order valence-electron chi connectivity index (χ3n) is 2.69. The largest absolute Gasteiger partial charge is 0.495 e. The molecule has 0 heterocycles. The van der Waals surface area contributed by atoms with Gasteiger partial charge in [-0.2, -0.15) is 0 Å². The second kappa shape index (κ2) is 7.50. The van der Waals surface area contributed by atoms with Crippen LogP contribution in [-0.4, -0.2) is 32.6 Å². The molecule has 0 aliphatic heterocycles. The summed E-state index contributed by atoms with van der Waals surface area (Å²) in [6, 6.07) is 3.87. The van der Waals surface area contributed by atoms with Crippen molar-refractivity contribution in [2.75, 3.05) is 20.8 Å². The summed E-state index contributed by atoms with van der Waals surface area (Å²) >= 11 is 3.39. The molecule has 0 aliphatic carbocycles. The number of nitrogens with one attached hydrogen (secondary N) is 1. The third kappa shape index (κ3) is 4.21. The lowest BCUT2D eigenvalue weighted by Gasteiger charge is -2.13. The SMILES string of the molecule is COc1ccc(C(=O)CCNC(C)C)c(OC)c1Br. The van der Waals surface area contributed by atoms with E-state index in [1.54, 1.807) is 26.4 Å². The van der Waals surface area contributed by atoms with Crippen molar-refractivity contribution < 1.29 is 14.3 Å². The fourth-order valence-electron chi connectivity index (χ4n) is 1.72. The number of carbonyl (C=O) groups excluding carboxylic acids is 1. The van der Waals surface area contributed by atoms with Gasteiger partial charge in [-0.15, -0.1) is 0 Å². The van der Waals surface area contributed by atoms with E-state index in [-0.39, 0.29) is 5.78 Å². The first-order valence-electron chi connectivity index (χ1n) is 6.18. The quantitative estimate of drug-likeness (QED) is 0.781. The van der Waals surface area contributed by atoms with E-state index in [2.05, 4.69) is 35.1 Å². The van der Waals surface area contributed by atoms with Crippen LogP contribution in [0.15, 0.2) is 16.6 Å². The van der Waals surface area contributed by atoms with E-state index in [1.807, 2.05) is 0 Å². The van der Waals surface area contributed by atoms with E-state index in [0.29, 0.717) is 40.5 Å². The second-order valence-electron chi connectivity index (χ2n) is 4.44. The first kappa shape index (κ1) is 16.0. The van der Waals surface area contributed by atoms with Gasteiger partial charge in [-0.1, -0.05) is 13.8 Å². The number of hydrogen-bond acceptors (Lipinski definition) is 4. The van der Waals surface area contributed by atoms with Crippen LogP contribution in [0.2, 0.25) is 0 Å². The summed E-state index contributed by atoms with van der Waals surface area (Å²) in [5.41, 5.74) is 0.570. The number of ketones is 1. The monoisotopic (exact) mass is 329 g/mol. The average molecular weight is 330 g/mol. The number of ether oxygens (including phenoxy) is 2. The molecule has 0 radical (unpaired) electrons. The number of methoxy groups -OCH3 is 2. The zero-order valence-corrected chi connectivity index (χ0v) is 13.3. The molecule has 0 saturated carbocycles. The molecule has 1 aromatic carbocycles. The van der Waals surface area contributed by atoms with E-state index in [4.69, 9.17) is 9.47 Å². The van der Waals surface area contributed by atoms with Gasteiger partial charge >= 0.3 is 0 Å². The highest BCUT2D eigenvalue weighted by atomic mass is 79.9. The Hall–Kier alpha value is -1.07. The fraction of sp³-hybridized carbons (Fsp3) is 0.500. The summed E-state index contributed by atoms with van der Waals surface area (Å²) in [7, 11) is 3.12. The molecule has 19 heavy (non-hydrogen) atoms. The second-order valence-corrected chi connectivity index (χ2v) is 5.24. The number of hydrogen-bond donors (Lipinski definition) is 1. The molecule has 1 rings (SSSR count). The zero-order valence-electron chi connectivity index (χ0n) is 11.7. The van der Waals surface area contributed by atoms with Crippen molar-refractivity contribution in [2.45, 2.75) is 26.3 Å². The van der Waals surface area contributed by atoms with E-state index >= 15 is 0 Å². The zero-order chi connectivity index (χ0) is 14.4. The molecule has 0 saturated heterocycles. The highest BCUT2D eigenvalue weighted by molar-refractivity contribution is 9.10. The molecular weight excluding hydrogens is 310 g/mol. The maximum absolute atomic E-state index is 12.2. The van der Waals surface area contributed by atoms with Crippen LogP contribution in [0, 0.1) is 0 Å². The number of Topliss-reactive ketones (excluding diaryl/α,β-unsaturated/α-hetero) is 1. The lowest BCUT2D eigenvalue weighted by Crippen LogP contribution is -2.25. The molecule has 0 spiro atoms. The summed E-state index contributed by atoms with van der Waals surface area (Å²) in [4.78, 5) is 12.2. The van der Waals surface area contributed by atoms with Crippen molar-refractivity contribution in [3.63, 3.8) is 0 Å². The first-order valence-corrected chi connectivity index (χ1v) is 6.97. The summed E-state index contributed by atoms with van der Waals surface area (Å²) in [5.74, 6) is 1.22. The third-order valence-corrected chi connectivity index (χ3v) is 3.44. The standard InChI is InChI=1S/C14H20BrNO3/c1-9(2)16-8-7-11(17)10-5-6-12(18-3)13(15)14(10)19-4/h5-6,9,16H,7-8H2,1-4H3. The molecule has 0 unspecified atom stereocenters. The van der Waals surface area contributed by atoms with Gasteiger partial charge in [0, 0.05) is 19.0 Å². The molecule has 0 aromatic heterocycles. The molecule has 1 aromatic rings. The molecule has 5 heteroatoms.